The number of thioether (sulfide) groups is 1. The number of nitrogens with one attached hydrogen (secondary N) is 1. The quantitative estimate of drug-likeness (QED) is 0.539. The van der Waals surface area contributed by atoms with Gasteiger partial charge in [-0.3, -0.25) is 10.1 Å². The molecule has 2 rings (SSSR count). The number of rotatable bonds is 7. The molecule has 0 aliphatic heterocycles. The first-order valence-electron chi connectivity index (χ1n) is 8.09. The number of hydrogen-bond acceptors (Lipinski definition) is 8. The zero-order chi connectivity index (χ0) is 20.0. The maximum Gasteiger partial charge on any atom is 0.341 e. The number of nitrogens with two attached hydrogens (primary N) is 1. The summed E-state index contributed by atoms with van der Waals surface area (Å²) in [5.41, 5.74) is 5.88. The van der Waals surface area contributed by atoms with E-state index in [4.69, 9.17) is 15.0 Å². The van der Waals surface area contributed by atoms with E-state index in [0.717, 1.165) is 0 Å². The van der Waals surface area contributed by atoms with E-state index in [9.17, 15) is 14.4 Å². The molecular weight excluding hydrogens is 372 g/mol. The Balaban J connectivity index is 2.12. The van der Waals surface area contributed by atoms with Gasteiger partial charge in [0.2, 0.25) is 0 Å². The fourth-order valence-electron chi connectivity index (χ4n) is 2.15. The molecule has 2 aromatic heterocycles. The van der Waals surface area contributed by atoms with Crippen molar-refractivity contribution in [1.82, 2.24) is 15.5 Å². The highest BCUT2D eigenvalue weighted by Gasteiger charge is 2.29. The number of primary amides is 1. The molecule has 0 fully saturated rings. The van der Waals surface area contributed by atoms with Crippen molar-refractivity contribution in [2.24, 2.45) is 11.7 Å². The molecule has 3 N–H and O–H groups in total. The summed E-state index contributed by atoms with van der Waals surface area (Å²) in [5, 5.41) is 6.25. The number of hydrogen-bond donors (Lipinski definition) is 2. The molecule has 2 heterocycles. The van der Waals surface area contributed by atoms with E-state index in [0.29, 0.717) is 22.2 Å². The number of carbonyl (C=O) groups excluding carboxylic acids is 3. The van der Waals surface area contributed by atoms with Crippen LogP contribution >= 0.6 is 11.8 Å². The van der Waals surface area contributed by atoms with Gasteiger partial charge in [-0.2, -0.15) is 0 Å². The maximum atomic E-state index is 12.6. The second-order valence-corrected chi connectivity index (χ2v) is 6.96. The average Bonchev–Trinajstić information content (AvgIpc) is 3.02. The predicted octanol–water partition coefficient (Wildman–Crippen LogP) is 2.05. The van der Waals surface area contributed by atoms with Gasteiger partial charge in [0.05, 0.1) is 11.3 Å². The fraction of sp³-hybridized carbons (Fsp3) is 0.353. The molecule has 0 saturated carbocycles. The number of ether oxygens (including phenoxy) is 1. The summed E-state index contributed by atoms with van der Waals surface area (Å²) in [6.45, 7) is 5.16. The first kappa shape index (κ1) is 20.4. The van der Waals surface area contributed by atoms with Crippen LogP contribution in [0.25, 0.3) is 0 Å². The Hall–Kier alpha value is -2.88. The lowest BCUT2D eigenvalue weighted by atomic mass is 10.1. The third-order valence-electron chi connectivity index (χ3n) is 3.37. The number of imide groups is 1. The molecule has 2 aromatic rings. The van der Waals surface area contributed by atoms with Gasteiger partial charge in [0, 0.05) is 18.0 Å². The van der Waals surface area contributed by atoms with Crippen LogP contribution in [-0.4, -0.2) is 34.2 Å². The smallest absolute Gasteiger partial charge is 0.341 e. The molecule has 3 amide bonds. The summed E-state index contributed by atoms with van der Waals surface area (Å²) in [6, 6.07) is 3.92. The minimum atomic E-state index is -1.17. The highest BCUT2D eigenvalue weighted by molar-refractivity contribution is 7.98. The summed E-state index contributed by atoms with van der Waals surface area (Å²) < 4.78 is 10.3. The average molecular weight is 392 g/mol. The summed E-state index contributed by atoms with van der Waals surface area (Å²) in [5.74, 6) is -0.724. The number of nitrogens with zero attached hydrogens (tertiary/aromatic N) is 2. The van der Waals surface area contributed by atoms with E-state index in [-0.39, 0.29) is 11.5 Å². The van der Waals surface area contributed by atoms with Gasteiger partial charge in [-0.05, 0) is 25.0 Å². The second kappa shape index (κ2) is 9.17. The molecule has 0 radical (unpaired) electrons. The van der Waals surface area contributed by atoms with Gasteiger partial charge in [-0.1, -0.05) is 30.8 Å². The predicted molar refractivity (Wildman–Crippen MR) is 96.8 cm³/mol. The standard InChI is InChI=1S/C17H20N4O5S/c1-9(2)13(14(22)20-17(18)24)25-16(23)12-5-4-6-19-15(12)27-8-11-7-10(3)26-21-11/h4-7,9,13H,8H2,1-3H3,(H3,18,20,22,24)/t13-/m1/s1. The van der Waals surface area contributed by atoms with E-state index in [1.165, 1.54) is 11.8 Å². The van der Waals surface area contributed by atoms with Crippen molar-refractivity contribution in [3.05, 3.63) is 41.4 Å². The van der Waals surface area contributed by atoms with Crippen molar-refractivity contribution in [1.29, 1.82) is 0 Å². The third-order valence-corrected chi connectivity index (χ3v) is 4.41. The number of pyridine rings is 1. The summed E-state index contributed by atoms with van der Waals surface area (Å²) in [6.07, 6.45) is 0.383. The molecule has 0 aliphatic rings. The molecule has 0 unspecified atom stereocenters. The number of amides is 3. The zero-order valence-electron chi connectivity index (χ0n) is 15.1. The molecule has 0 spiro atoms. The third kappa shape index (κ3) is 5.81. The molecule has 9 nitrogen and oxygen atoms in total. The van der Waals surface area contributed by atoms with Gasteiger partial charge < -0.3 is 15.0 Å². The highest BCUT2D eigenvalue weighted by atomic mass is 32.2. The van der Waals surface area contributed by atoms with Gasteiger partial charge in [0.25, 0.3) is 5.91 Å². The van der Waals surface area contributed by atoms with Gasteiger partial charge >= 0.3 is 12.0 Å². The highest BCUT2D eigenvalue weighted by Crippen LogP contribution is 2.25. The molecule has 0 aliphatic carbocycles. The lowest BCUT2D eigenvalue weighted by Gasteiger charge is -2.20. The second-order valence-electron chi connectivity index (χ2n) is 6.00. The molecule has 0 saturated heterocycles. The van der Waals surface area contributed by atoms with Crippen LogP contribution < -0.4 is 11.1 Å². The molecule has 10 heteroatoms. The fourth-order valence-corrected chi connectivity index (χ4v) is 3.02. The van der Waals surface area contributed by atoms with Crippen LogP contribution in [0.1, 0.15) is 35.7 Å². The Labute approximate surface area is 160 Å². The minimum absolute atomic E-state index is 0.209. The van der Waals surface area contributed by atoms with Crippen LogP contribution in [0.2, 0.25) is 0 Å². The van der Waals surface area contributed by atoms with E-state index in [1.807, 2.05) is 5.32 Å². The number of esters is 1. The lowest BCUT2D eigenvalue weighted by molar-refractivity contribution is -0.130. The lowest BCUT2D eigenvalue weighted by Crippen LogP contribution is -2.45. The molecule has 1 atom stereocenters. The Morgan fingerprint density at radius 2 is 2.11 bits per heavy atom. The Bertz CT molecular complexity index is 836. The van der Waals surface area contributed by atoms with Crippen molar-refractivity contribution in [2.75, 3.05) is 0 Å². The van der Waals surface area contributed by atoms with Crippen LogP contribution in [0.4, 0.5) is 4.79 Å². The number of aromatic nitrogens is 2. The Morgan fingerprint density at radius 1 is 1.37 bits per heavy atom. The van der Waals surface area contributed by atoms with Crippen molar-refractivity contribution in [2.45, 2.75) is 37.7 Å². The number of urea groups is 1. The van der Waals surface area contributed by atoms with E-state index >= 15 is 0 Å². The van der Waals surface area contributed by atoms with E-state index < -0.39 is 24.0 Å². The normalized spacial score (nSPS) is 11.9. The maximum absolute atomic E-state index is 12.6. The summed E-state index contributed by atoms with van der Waals surface area (Å²) >= 11 is 1.29. The van der Waals surface area contributed by atoms with Gasteiger partial charge in [-0.25, -0.2) is 14.6 Å². The van der Waals surface area contributed by atoms with Crippen LogP contribution in [0.15, 0.2) is 33.9 Å². The van der Waals surface area contributed by atoms with Crippen LogP contribution in [0.5, 0.6) is 0 Å². The van der Waals surface area contributed by atoms with Crippen molar-refractivity contribution >= 4 is 29.7 Å². The van der Waals surface area contributed by atoms with E-state index in [1.54, 1.807) is 45.2 Å². The van der Waals surface area contributed by atoms with E-state index in [2.05, 4.69) is 10.1 Å². The largest absolute Gasteiger partial charge is 0.448 e. The SMILES string of the molecule is Cc1cc(CSc2ncccc2C(=O)O[C@@H](C(=O)NC(N)=O)C(C)C)no1. The number of carbonyl (C=O) groups is 3. The molecule has 0 aromatic carbocycles. The topological polar surface area (TPSA) is 137 Å². The Kier molecular flexibility index (Phi) is 6.94. The summed E-state index contributed by atoms with van der Waals surface area (Å²) in [4.78, 5) is 39.7. The molecule has 144 valence electrons. The van der Waals surface area contributed by atoms with Crippen molar-refractivity contribution < 1.29 is 23.6 Å². The van der Waals surface area contributed by atoms with Gasteiger partial charge in [0.15, 0.2) is 6.10 Å². The Morgan fingerprint density at radius 3 is 2.70 bits per heavy atom. The zero-order valence-corrected chi connectivity index (χ0v) is 15.9. The van der Waals surface area contributed by atoms with Gasteiger partial charge in [0.1, 0.15) is 10.8 Å². The van der Waals surface area contributed by atoms with Crippen molar-refractivity contribution in [3.8, 4) is 0 Å². The summed E-state index contributed by atoms with van der Waals surface area (Å²) in [7, 11) is 0. The first-order chi connectivity index (χ1) is 12.8. The van der Waals surface area contributed by atoms with Crippen LogP contribution in [0, 0.1) is 12.8 Å². The van der Waals surface area contributed by atoms with Crippen LogP contribution in [-0.2, 0) is 15.3 Å². The minimum Gasteiger partial charge on any atom is -0.448 e. The van der Waals surface area contributed by atoms with Crippen LogP contribution in [0.3, 0.4) is 0 Å². The molecular formula is C17H20N4O5S. The van der Waals surface area contributed by atoms with Gasteiger partial charge in [-0.15, -0.1) is 0 Å². The number of aryl methyl sites for hydroxylation is 1. The monoisotopic (exact) mass is 392 g/mol. The van der Waals surface area contributed by atoms with Crippen molar-refractivity contribution in [3.63, 3.8) is 0 Å². The molecule has 27 heavy (non-hydrogen) atoms. The first-order valence-corrected chi connectivity index (χ1v) is 9.07. The molecule has 0 bridgehead atoms.